The molecule has 1 aliphatic rings. The molecule has 2 aromatic rings. The predicted molar refractivity (Wildman–Crippen MR) is 85.2 cm³/mol. The highest BCUT2D eigenvalue weighted by Crippen LogP contribution is 2.32. The highest BCUT2D eigenvalue weighted by atomic mass is 35.5. The molecule has 0 aromatic carbocycles. The van der Waals surface area contributed by atoms with Gasteiger partial charge in [-0.25, -0.2) is 0 Å². The first-order valence-electron chi connectivity index (χ1n) is 7.13. The summed E-state index contributed by atoms with van der Waals surface area (Å²) in [4.78, 5) is 19.6. The van der Waals surface area contributed by atoms with Crippen LogP contribution in [0.1, 0.15) is 29.4 Å². The lowest BCUT2D eigenvalue weighted by atomic mass is 10.2. The van der Waals surface area contributed by atoms with Gasteiger partial charge in [-0.3, -0.25) is 9.78 Å². The molecule has 1 fully saturated rings. The largest absolute Gasteiger partial charge is 0.380 e. The van der Waals surface area contributed by atoms with Gasteiger partial charge in [0.2, 0.25) is 0 Å². The minimum Gasteiger partial charge on any atom is -0.380 e. The standard InChI is InChI=1S/C15H17ClN2O2S/c1-2-20-9-10-4-3-7-18(10)15(19)13-8-12-14(21-13)11(16)5-6-17-12/h5-6,8,10H,2-4,7,9H2,1H3/t10-/m1/s1. The van der Waals surface area contributed by atoms with E-state index in [1.807, 2.05) is 17.9 Å². The number of carbonyl (C=O) groups excluding carboxylic acids is 1. The lowest BCUT2D eigenvalue weighted by Gasteiger charge is -2.23. The Labute approximate surface area is 132 Å². The summed E-state index contributed by atoms with van der Waals surface area (Å²) in [6.45, 7) is 4.07. The zero-order valence-corrected chi connectivity index (χ0v) is 13.4. The van der Waals surface area contributed by atoms with Crippen molar-refractivity contribution in [3.8, 4) is 0 Å². The predicted octanol–water partition coefficient (Wildman–Crippen LogP) is 3.59. The molecule has 4 nitrogen and oxygen atoms in total. The second-order valence-corrected chi connectivity index (χ2v) is 6.53. The normalized spacial score (nSPS) is 18.6. The van der Waals surface area contributed by atoms with Gasteiger partial charge in [-0.15, -0.1) is 11.3 Å². The number of aromatic nitrogens is 1. The number of halogens is 1. The van der Waals surface area contributed by atoms with Crippen LogP contribution in [0, 0.1) is 0 Å². The van der Waals surface area contributed by atoms with E-state index in [4.69, 9.17) is 16.3 Å². The number of hydrogen-bond donors (Lipinski definition) is 0. The second kappa shape index (κ2) is 6.30. The van der Waals surface area contributed by atoms with Crippen molar-refractivity contribution in [2.75, 3.05) is 19.8 Å². The van der Waals surface area contributed by atoms with E-state index in [0.717, 1.165) is 29.6 Å². The Bertz CT molecular complexity index is 658. The van der Waals surface area contributed by atoms with Gasteiger partial charge in [-0.1, -0.05) is 11.6 Å². The molecule has 21 heavy (non-hydrogen) atoms. The molecule has 0 spiro atoms. The zero-order valence-electron chi connectivity index (χ0n) is 11.8. The monoisotopic (exact) mass is 324 g/mol. The number of fused-ring (bicyclic) bond motifs is 1. The zero-order chi connectivity index (χ0) is 14.8. The Kier molecular flexibility index (Phi) is 4.42. The molecule has 1 amide bonds. The smallest absolute Gasteiger partial charge is 0.264 e. The van der Waals surface area contributed by atoms with Gasteiger partial charge in [0.05, 0.1) is 32.8 Å². The summed E-state index contributed by atoms with van der Waals surface area (Å²) in [6, 6.07) is 3.78. The molecule has 0 radical (unpaired) electrons. The van der Waals surface area contributed by atoms with E-state index in [9.17, 15) is 4.79 Å². The summed E-state index contributed by atoms with van der Waals surface area (Å²) in [5.74, 6) is 0.0660. The minimum atomic E-state index is 0.0660. The highest BCUT2D eigenvalue weighted by molar-refractivity contribution is 7.21. The van der Waals surface area contributed by atoms with Crippen LogP contribution in [0.5, 0.6) is 0 Å². The van der Waals surface area contributed by atoms with E-state index in [1.165, 1.54) is 11.3 Å². The van der Waals surface area contributed by atoms with Crippen LogP contribution in [-0.2, 0) is 4.74 Å². The van der Waals surface area contributed by atoms with Crippen LogP contribution in [0.15, 0.2) is 18.3 Å². The molecule has 0 aliphatic carbocycles. The summed E-state index contributed by atoms with van der Waals surface area (Å²) in [5.41, 5.74) is 0.788. The number of rotatable bonds is 4. The topological polar surface area (TPSA) is 42.4 Å². The lowest BCUT2D eigenvalue weighted by molar-refractivity contribution is 0.0568. The Balaban J connectivity index is 1.84. The first-order valence-corrected chi connectivity index (χ1v) is 8.33. The van der Waals surface area contributed by atoms with Gasteiger partial charge in [0, 0.05) is 19.3 Å². The summed E-state index contributed by atoms with van der Waals surface area (Å²) in [6.07, 6.45) is 3.71. The fraction of sp³-hybridized carbons (Fsp3) is 0.467. The van der Waals surface area contributed by atoms with Crippen molar-refractivity contribution in [2.24, 2.45) is 0 Å². The number of carbonyl (C=O) groups is 1. The Morgan fingerprint density at radius 2 is 2.48 bits per heavy atom. The molecule has 0 bridgehead atoms. The van der Waals surface area contributed by atoms with Crippen LogP contribution >= 0.6 is 22.9 Å². The Hall–Kier alpha value is -1.17. The maximum Gasteiger partial charge on any atom is 0.264 e. The third kappa shape index (κ3) is 2.91. The van der Waals surface area contributed by atoms with Crippen LogP contribution in [0.25, 0.3) is 10.2 Å². The fourth-order valence-electron chi connectivity index (χ4n) is 2.68. The lowest BCUT2D eigenvalue weighted by Crippen LogP contribution is -2.37. The third-order valence-corrected chi connectivity index (χ3v) is 5.30. The van der Waals surface area contributed by atoms with Crippen molar-refractivity contribution in [2.45, 2.75) is 25.8 Å². The summed E-state index contributed by atoms with van der Waals surface area (Å²) in [5, 5.41) is 0.649. The molecule has 112 valence electrons. The van der Waals surface area contributed by atoms with E-state index >= 15 is 0 Å². The number of thiophene rings is 1. The van der Waals surface area contributed by atoms with Crippen LogP contribution < -0.4 is 0 Å². The maximum atomic E-state index is 12.7. The molecule has 0 N–H and O–H groups in total. The van der Waals surface area contributed by atoms with Crippen molar-refractivity contribution < 1.29 is 9.53 Å². The molecule has 2 aromatic heterocycles. The maximum absolute atomic E-state index is 12.7. The molecule has 0 saturated carbocycles. The van der Waals surface area contributed by atoms with Gasteiger partial charge in [0.15, 0.2) is 0 Å². The van der Waals surface area contributed by atoms with E-state index < -0.39 is 0 Å². The van der Waals surface area contributed by atoms with Crippen molar-refractivity contribution in [1.29, 1.82) is 0 Å². The molecular formula is C15H17ClN2O2S. The second-order valence-electron chi connectivity index (χ2n) is 5.07. The molecule has 6 heteroatoms. The quantitative estimate of drug-likeness (QED) is 0.863. The first kappa shape index (κ1) is 14.8. The number of ether oxygens (including phenoxy) is 1. The third-order valence-electron chi connectivity index (χ3n) is 3.73. The Morgan fingerprint density at radius 1 is 1.62 bits per heavy atom. The van der Waals surface area contributed by atoms with Gasteiger partial charge in [0.1, 0.15) is 0 Å². The number of amides is 1. The van der Waals surface area contributed by atoms with Gasteiger partial charge in [-0.2, -0.15) is 0 Å². The number of likely N-dealkylation sites (tertiary alicyclic amines) is 1. The molecule has 1 saturated heterocycles. The van der Waals surface area contributed by atoms with Crippen molar-refractivity contribution >= 4 is 39.1 Å². The molecule has 3 rings (SSSR count). The van der Waals surface area contributed by atoms with Crippen LogP contribution in [0.2, 0.25) is 5.02 Å². The molecule has 1 aliphatic heterocycles. The van der Waals surface area contributed by atoms with Crippen LogP contribution in [-0.4, -0.2) is 41.6 Å². The average Bonchev–Trinajstić information content (AvgIpc) is 3.11. The summed E-state index contributed by atoms with van der Waals surface area (Å²) < 4.78 is 6.37. The summed E-state index contributed by atoms with van der Waals surface area (Å²) in [7, 11) is 0. The van der Waals surface area contributed by atoms with Crippen LogP contribution in [0.4, 0.5) is 0 Å². The molecular weight excluding hydrogens is 308 g/mol. The summed E-state index contributed by atoms with van der Waals surface area (Å²) >= 11 is 7.58. The fourth-order valence-corrected chi connectivity index (χ4v) is 3.93. The van der Waals surface area contributed by atoms with E-state index in [-0.39, 0.29) is 11.9 Å². The number of nitrogens with zero attached hydrogens (tertiary/aromatic N) is 2. The minimum absolute atomic E-state index is 0.0660. The molecule has 0 unspecified atom stereocenters. The van der Waals surface area contributed by atoms with E-state index in [0.29, 0.717) is 23.1 Å². The highest BCUT2D eigenvalue weighted by Gasteiger charge is 2.30. The van der Waals surface area contributed by atoms with Crippen molar-refractivity contribution in [3.05, 3.63) is 28.2 Å². The van der Waals surface area contributed by atoms with Crippen LogP contribution in [0.3, 0.4) is 0 Å². The Morgan fingerprint density at radius 3 is 3.24 bits per heavy atom. The van der Waals surface area contributed by atoms with Gasteiger partial charge >= 0.3 is 0 Å². The van der Waals surface area contributed by atoms with E-state index in [2.05, 4.69) is 4.98 Å². The van der Waals surface area contributed by atoms with E-state index in [1.54, 1.807) is 12.3 Å². The van der Waals surface area contributed by atoms with Crippen molar-refractivity contribution in [1.82, 2.24) is 9.88 Å². The van der Waals surface area contributed by atoms with Crippen molar-refractivity contribution in [3.63, 3.8) is 0 Å². The number of pyridine rings is 1. The molecule has 1 atom stereocenters. The average molecular weight is 325 g/mol. The van der Waals surface area contributed by atoms with Gasteiger partial charge in [0.25, 0.3) is 5.91 Å². The molecule has 3 heterocycles. The first-order chi connectivity index (χ1) is 10.2. The number of hydrogen-bond acceptors (Lipinski definition) is 4. The SMILES string of the molecule is CCOC[C@H]1CCCN1C(=O)c1cc2nccc(Cl)c2s1. The van der Waals surface area contributed by atoms with Gasteiger partial charge in [-0.05, 0) is 31.9 Å². The van der Waals surface area contributed by atoms with Gasteiger partial charge < -0.3 is 9.64 Å².